The smallest absolute Gasteiger partial charge is 0.118 e. The van der Waals surface area contributed by atoms with E-state index < -0.39 is 0 Å². The Kier molecular flexibility index (Phi) is 5.35. The lowest BCUT2D eigenvalue weighted by molar-refractivity contribution is 0.215. The average molecular weight is 266 g/mol. The van der Waals surface area contributed by atoms with Crippen LogP contribution in [0, 0.1) is 0 Å². The second kappa shape index (κ2) is 7.02. The summed E-state index contributed by atoms with van der Waals surface area (Å²) in [5, 5.41) is 3.31. The largest absolute Gasteiger partial charge is 0.497 e. The van der Waals surface area contributed by atoms with Gasteiger partial charge in [-0.25, -0.2) is 0 Å². The third kappa shape index (κ3) is 3.40. The van der Waals surface area contributed by atoms with Gasteiger partial charge in [-0.2, -0.15) is 11.8 Å². The van der Waals surface area contributed by atoms with E-state index in [0.717, 1.165) is 12.3 Å². The number of likely N-dealkylation sites (N-methyl/N-ethyl adjacent to an activating group) is 1. The third-order valence-electron chi connectivity index (χ3n) is 3.38. The molecule has 3 nitrogen and oxygen atoms in total. The molecule has 1 atom stereocenters. The van der Waals surface area contributed by atoms with Crippen molar-refractivity contribution >= 4 is 11.8 Å². The van der Waals surface area contributed by atoms with Crippen LogP contribution >= 0.6 is 11.8 Å². The molecular formula is C14H22N2OS. The first-order chi connectivity index (χ1) is 8.85. The van der Waals surface area contributed by atoms with Gasteiger partial charge in [0.25, 0.3) is 0 Å². The minimum absolute atomic E-state index is 0.474. The monoisotopic (exact) mass is 266 g/mol. The molecule has 1 aliphatic heterocycles. The topological polar surface area (TPSA) is 24.5 Å². The predicted octanol–water partition coefficient (Wildman–Crippen LogP) is 2.00. The standard InChI is InChI=1S/C14H22N2OS/c1-15-11-14(16-7-9-18-10-8-16)12-3-5-13(17-2)6-4-12/h3-6,14-15H,7-11H2,1-2H3. The van der Waals surface area contributed by atoms with E-state index >= 15 is 0 Å². The highest BCUT2D eigenvalue weighted by atomic mass is 32.2. The van der Waals surface area contributed by atoms with E-state index in [0.29, 0.717) is 6.04 Å². The maximum absolute atomic E-state index is 5.22. The van der Waals surface area contributed by atoms with Crippen molar-refractivity contribution in [3.8, 4) is 5.75 Å². The number of hydrogen-bond acceptors (Lipinski definition) is 4. The maximum Gasteiger partial charge on any atom is 0.118 e. The minimum atomic E-state index is 0.474. The first-order valence-corrected chi connectivity index (χ1v) is 7.61. The maximum atomic E-state index is 5.22. The minimum Gasteiger partial charge on any atom is -0.497 e. The number of rotatable bonds is 5. The van der Waals surface area contributed by atoms with Crippen LogP contribution < -0.4 is 10.1 Å². The van der Waals surface area contributed by atoms with E-state index in [-0.39, 0.29) is 0 Å². The Labute approximate surface area is 114 Å². The molecule has 0 aliphatic carbocycles. The highest BCUT2D eigenvalue weighted by molar-refractivity contribution is 7.99. The van der Waals surface area contributed by atoms with Crippen LogP contribution in [0.15, 0.2) is 24.3 Å². The molecule has 1 N–H and O–H groups in total. The van der Waals surface area contributed by atoms with E-state index in [1.54, 1.807) is 7.11 Å². The Morgan fingerprint density at radius 1 is 1.28 bits per heavy atom. The molecule has 0 aromatic heterocycles. The molecule has 1 fully saturated rings. The second-order valence-corrected chi connectivity index (χ2v) is 5.72. The lowest BCUT2D eigenvalue weighted by Gasteiger charge is -2.34. The molecule has 0 bridgehead atoms. The molecule has 1 heterocycles. The molecule has 1 aliphatic rings. The van der Waals surface area contributed by atoms with Crippen LogP contribution in [0.4, 0.5) is 0 Å². The molecule has 0 saturated carbocycles. The van der Waals surface area contributed by atoms with Gasteiger partial charge in [0.1, 0.15) is 5.75 Å². The normalized spacial score (nSPS) is 18.6. The van der Waals surface area contributed by atoms with Gasteiger partial charge in [-0.1, -0.05) is 12.1 Å². The highest BCUT2D eigenvalue weighted by Gasteiger charge is 2.21. The van der Waals surface area contributed by atoms with Crippen molar-refractivity contribution in [2.24, 2.45) is 0 Å². The van der Waals surface area contributed by atoms with Crippen LogP contribution in [0.1, 0.15) is 11.6 Å². The Bertz CT molecular complexity index is 349. The molecule has 0 radical (unpaired) electrons. The van der Waals surface area contributed by atoms with Gasteiger partial charge in [0.2, 0.25) is 0 Å². The van der Waals surface area contributed by atoms with Gasteiger partial charge in [-0.05, 0) is 24.7 Å². The molecule has 18 heavy (non-hydrogen) atoms. The number of ether oxygens (including phenoxy) is 1. The molecule has 1 unspecified atom stereocenters. The third-order valence-corrected chi connectivity index (χ3v) is 4.33. The predicted molar refractivity (Wildman–Crippen MR) is 78.6 cm³/mol. The van der Waals surface area contributed by atoms with E-state index in [1.807, 2.05) is 7.05 Å². The molecule has 0 amide bonds. The average Bonchev–Trinajstić information content (AvgIpc) is 2.46. The van der Waals surface area contributed by atoms with Gasteiger partial charge in [-0.15, -0.1) is 0 Å². The molecular weight excluding hydrogens is 244 g/mol. The van der Waals surface area contributed by atoms with Crippen LogP contribution in [-0.4, -0.2) is 50.2 Å². The van der Waals surface area contributed by atoms with Crippen molar-refractivity contribution in [3.63, 3.8) is 0 Å². The van der Waals surface area contributed by atoms with Crippen LogP contribution in [-0.2, 0) is 0 Å². The fourth-order valence-electron chi connectivity index (χ4n) is 2.37. The molecule has 1 aromatic rings. The molecule has 100 valence electrons. The van der Waals surface area contributed by atoms with Gasteiger partial charge in [-0.3, -0.25) is 4.90 Å². The summed E-state index contributed by atoms with van der Waals surface area (Å²) in [4.78, 5) is 2.58. The highest BCUT2D eigenvalue weighted by Crippen LogP contribution is 2.25. The number of methoxy groups -OCH3 is 1. The number of nitrogens with one attached hydrogen (secondary N) is 1. The summed E-state index contributed by atoms with van der Waals surface area (Å²) in [5.41, 5.74) is 1.37. The number of hydrogen-bond donors (Lipinski definition) is 1. The molecule has 4 heteroatoms. The summed E-state index contributed by atoms with van der Waals surface area (Å²) in [7, 11) is 3.73. The van der Waals surface area contributed by atoms with Crippen LogP contribution in [0.25, 0.3) is 0 Å². The fourth-order valence-corrected chi connectivity index (χ4v) is 3.30. The summed E-state index contributed by atoms with van der Waals surface area (Å²) in [6, 6.07) is 8.94. The molecule has 1 saturated heterocycles. The number of benzene rings is 1. The number of thioether (sulfide) groups is 1. The zero-order valence-electron chi connectivity index (χ0n) is 11.2. The van der Waals surface area contributed by atoms with Crippen LogP contribution in [0.2, 0.25) is 0 Å². The van der Waals surface area contributed by atoms with Gasteiger partial charge < -0.3 is 10.1 Å². The van der Waals surface area contributed by atoms with Crippen molar-refractivity contribution < 1.29 is 4.74 Å². The zero-order valence-corrected chi connectivity index (χ0v) is 12.0. The molecule has 1 aromatic carbocycles. The summed E-state index contributed by atoms with van der Waals surface area (Å²) in [6.45, 7) is 3.36. The van der Waals surface area contributed by atoms with Crippen molar-refractivity contribution in [2.45, 2.75) is 6.04 Å². The Morgan fingerprint density at radius 3 is 2.50 bits per heavy atom. The first kappa shape index (κ1) is 13.7. The quantitative estimate of drug-likeness (QED) is 0.881. The van der Waals surface area contributed by atoms with Crippen molar-refractivity contribution in [2.75, 3.05) is 45.3 Å². The molecule has 2 rings (SSSR count). The summed E-state index contributed by atoms with van der Waals surface area (Å²) >= 11 is 2.05. The Hall–Kier alpha value is -0.710. The van der Waals surface area contributed by atoms with E-state index in [2.05, 4.69) is 46.2 Å². The first-order valence-electron chi connectivity index (χ1n) is 6.45. The van der Waals surface area contributed by atoms with Gasteiger partial charge in [0, 0.05) is 37.2 Å². The second-order valence-electron chi connectivity index (χ2n) is 4.49. The van der Waals surface area contributed by atoms with Crippen LogP contribution in [0.5, 0.6) is 5.75 Å². The van der Waals surface area contributed by atoms with Gasteiger partial charge in [0.05, 0.1) is 7.11 Å². The summed E-state index contributed by atoms with van der Waals surface area (Å²) < 4.78 is 5.22. The Morgan fingerprint density at radius 2 is 1.94 bits per heavy atom. The molecule has 0 spiro atoms. The number of nitrogens with zero attached hydrogens (tertiary/aromatic N) is 1. The summed E-state index contributed by atoms with van der Waals surface area (Å²) in [5.74, 6) is 3.42. The lowest BCUT2D eigenvalue weighted by atomic mass is 10.0. The van der Waals surface area contributed by atoms with Crippen molar-refractivity contribution in [3.05, 3.63) is 29.8 Å². The van der Waals surface area contributed by atoms with E-state index in [9.17, 15) is 0 Å². The van der Waals surface area contributed by atoms with E-state index in [4.69, 9.17) is 4.74 Å². The zero-order chi connectivity index (χ0) is 12.8. The van der Waals surface area contributed by atoms with Crippen LogP contribution in [0.3, 0.4) is 0 Å². The van der Waals surface area contributed by atoms with Crippen molar-refractivity contribution in [1.29, 1.82) is 0 Å². The van der Waals surface area contributed by atoms with E-state index in [1.165, 1.54) is 30.2 Å². The SMILES string of the molecule is CNCC(c1ccc(OC)cc1)N1CCSCC1. The van der Waals surface area contributed by atoms with Crippen molar-refractivity contribution in [1.82, 2.24) is 10.2 Å². The lowest BCUT2D eigenvalue weighted by Crippen LogP contribution is -2.40. The van der Waals surface area contributed by atoms with Gasteiger partial charge >= 0.3 is 0 Å². The fraction of sp³-hybridized carbons (Fsp3) is 0.571. The summed E-state index contributed by atoms with van der Waals surface area (Å²) in [6.07, 6.45) is 0. The Balaban J connectivity index is 2.11. The van der Waals surface area contributed by atoms with Gasteiger partial charge in [0.15, 0.2) is 0 Å².